The van der Waals surface area contributed by atoms with Crippen molar-refractivity contribution >= 4 is 11.6 Å². The minimum absolute atomic E-state index is 0.0837. The summed E-state index contributed by atoms with van der Waals surface area (Å²) in [4.78, 5) is 11.7. The van der Waals surface area contributed by atoms with Gasteiger partial charge in [0.25, 0.3) is 5.91 Å². The van der Waals surface area contributed by atoms with Gasteiger partial charge in [-0.3, -0.25) is 4.79 Å². The maximum Gasteiger partial charge on any atom is 0.279 e. The molecule has 0 bridgehead atoms. The highest BCUT2D eigenvalue weighted by Crippen LogP contribution is 2.28. The summed E-state index contributed by atoms with van der Waals surface area (Å²) in [5.74, 6) is 1.17. The zero-order valence-electron chi connectivity index (χ0n) is 11.6. The van der Waals surface area contributed by atoms with Crippen LogP contribution in [0.3, 0.4) is 0 Å². The van der Waals surface area contributed by atoms with Crippen LogP contribution in [0.1, 0.15) is 0 Å². The number of anilines is 1. The van der Waals surface area contributed by atoms with Crippen molar-refractivity contribution in [2.24, 2.45) is 0 Å². The van der Waals surface area contributed by atoms with Gasteiger partial charge in [0.2, 0.25) is 0 Å². The normalized spacial score (nSPS) is 10.1. The number of hydrogen-bond donors (Lipinski definition) is 2. The summed E-state index contributed by atoms with van der Waals surface area (Å²) in [5.41, 5.74) is 0.633. The molecule has 19 heavy (non-hydrogen) atoms. The molecular formula is C13H21N2O4+. The van der Waals surface area contributed by atoms with Gasteiger partial charge in [0.15, 0.2) is 6.54 Å². The molecule has 0 aliphatic heterocycles. The van der Waals surface area contributed by atoms with Crippen LogP contribution in [0.25, 0.3) is 0 Å². The SMILES string of the molecule is COCC[NH2+]CC(=O)Nc1ccc(OC)cc1OC. The lowest BCUT2D eigenvalue weighted by molar-refractivity contribution is -0.645. The lowest BCUT2D eigenvalue weighted by atomic mass is 10.2. The first kappa shape index (κ1) is 15.3. The van der Waals surface area contributed by atoms with E-state index in [1.807, 2.05) is 5.32 Å². The predicted molar refractivity (Wildman–Crippen MR) is 71.7 cm³/mol. The summed E-state index contributed by atoms with van der Waals surface area (Å²) in [6.45, 7) is 1.72. The molecule has 0 saturated heterocycles. The number of methoxy groups -OCH3 is 3. The Kier molecular flexibility index (Phi) is 6.70. The molecule has 3 N–H and O–H groups in total. The summed E-state index contributed by atoms with van der Waals surface area (Å²) in [6.07, 6.45) is 0. The van der Waals surface area contributed by atoms with Crippen molar-refractivity contribution in [1.29, 1.82) is 0 Å². The van der Waals surface area contributed by atoms with Crippen LogP contribution in [0.4, 0.5) is 5.69 Å². The number of nitrogens with two attached hydrogens (primary N) is 1. The van der Waals surface area contributed by atoms with E-state index >= 15 is 0 Å². The number of rotatable bonds is 8. The van der Waals surface area contributed by atoms with E-state index in [0.717, 1.165) is 6.54 Å². The largest absolute Gasteiger partial charge is 0.497 e. The van der Waals surface area contributed by atoms with E-state index < -0.39 is 0 Å². The van der Waals surface area contributed by atoms with Crippen molar-refractivity contribution in [3.8, 4) is 11.5 Å². The Labute approximate surface area is 113 Å². The fourth-order valence-electron chi connectivity index (χ4n) is 1.54. The monoisotopic (exact) mass is 269 g/mol. The summed E-state index contributed by atoms with van der Waals surface area (Å²) >= 11 is 0. The molecule has 1 rings (SSSR count). The second-order valence-corrected chi connectivity index (χ2v) is 3.89. The van der Waals surface area contributed by atoms with Crippen LogP contribution in [0.5, 0.6) is 11.5 Å². The molecule has 1 aromatic carbocycles. The number of quaternary nitrogens is 1. The van der Waals surface area contributed by atoms with E-state index in [4.69, 9.17) is 14.2 Å². The van der Waals surface area contributed by atoms with Gasteiger partial charge < -0.3 is 24.8 Å². The summed E-state index contributed by atoms with van der Waals surface area (Å²) in [6, 6.07) is 5.25. The first-order chi connectivity index (χ1) is 9.21. The van der Waals surface area contributed by atoms with Crippen LogP contribution in [-0.2, 0) is 9.53 Å². The second kappa shape index (κ2) is 8.34. The van der Waals surface area contributed by atoms with Crippen LogP contribution in [0, 0.1) is 0 Å². The first-order valence-electron chi connectivity index (χ1n) is 6.03. The maximum absolute atomic E-state index is 11.7. The Hall–Kier alpha value is -1.79. The zero-order chi connectivity index (χ0) is 14.1. The molecule has 0 aromatic heterocycles. The van der Waals surface area contributed by atoms with Gasteiger partial charge in [0, 0.05) is 13.2 Å². The number of ether oxygens (including phenoxy) is 3. The van der Waals surface area contributed by atoms with Gasteiger partial charge in [-0.1, -0.05) is 0 Å². The fourth-order valence-corrected chi connectivity index (χ4v) is 1.54. The third-order valence-electron chi connectivity index (χ3n) is 2.54. The molecule has 0 radical (unpaired) electrons. The van der Waals surface area contributed by atoms with Crippen LogP contribution in [0.15, 0.2) is 18.2 Å². The maximum atomic E-state index is 11.7. The number of benzene rings is 1. The molecule has 1 amide bonds. The molecule has 6 heteroatoms. The first-order valence-corrected chi connectivity index (χ1v) is 6.03. The third-order valence-corrected chi connectivity index (χ3v) is 2.54. The van der Waals surface area contributed by atoms with Crippen molar-refractivity contribution in [2.75, 3.05) is 46.3 Å². The average molecular weight is 269 g/mol. The van der Waals surface area contributed by atoms with Crippen molar-refractivity contribution < 1.29 is 24.3 Å². The van der Waals surface area contributed by atoms with Crippen molar-refractivity contribution in [1.82, 2.24) is 0 Å². The zero-order valence-corrected chi connectivity index (χ0v) is 11.6. The molecule has 0 fully saturated rings. The summed E-state index contributed by atoms with van der Waals surface area (Å²) < 4.78 is 15.2. The van der Waals surface area contributed by atoms with Gasteiger partial charge in [-0.15, -0.1) is 0 Å². The fraction of sp³-hybridized carbons (Fsp3) is 0.462. The molecule has 106 valence electrons. The van der Waals surface area contributed by atoms with Gasteiger partial charge in [-0.25, -0.2) is 0 Å². The standard InChI is InChI=1S/C13H20N2O4/c1-17-7-6-14-9-13(16)15-11-5-4-10(18-2)8-12(11)19-3/h4-5,8,14H,6-7,9H2,1-3H3,(H,15,16)/p+1. The minimum atomic E-state index is -0.0837. The predicted octanol–water partition coefficient (Wildman–Crippen LogP) is -0.148. The Bertz CT molecular complexity index is 410. The molecule has 0 spiro atoms. The highest BCUT2D eigenvalue weighted by Gasteiger charge is 2.09. The van der Waals surface area contributed by atoms with Crippen LogP contribution >= 0.6 is 0 Å². The highest BCUT2D eigenvalue weighted by molar-refractivity contribution is 5.93. The lowest BCUT2D eigenvalue weighted by Gasteiger charge is -2.11. The smallest absolute Gasteiger partial charge is 0.279 e. The quantitative estimate of drug-likeness (QED) is 0.644. The average Bonchev–Trinajstić information content (AvgIpc) is 2.44. The second-order valence-electron chi connectivity index (χ2n) is 3.89. The molecule has 1 aromatic rings. The number of hydrogen-bond acceptors (Lipinski definition) is 4. The molecule has 0 saturated carbocycles. The molecule has 6 nitrogen and oxygen atoms in total. The Morgan fingerprint density at radius 3 is 2.68 bits per heavy atom. The summed E-state index contributed by atoms with van der Waals surface area (Å²) in [7, 11) is 4.77. The molecule has 0 atom stereocenters. The van der Waals surface area contributed by atoms with E-state index in [9.17, 15) is 4.79 Å². The van der Waals surface area contributed by atoms with E-state index in [-0.39, 0.29) is 5.91 Å². The van der Waals surface area contributed by atoms with Gasteiger partial charge in [0.05, 0.1) is 33.1 Å². The summed E-state index contributed by atoms with van der Waals surface area (Å²) in [5, 5.41) is 4.68. The van der Waals surface area contributed by atoms with Gasteiger partial charge in [-0.05, 0) is 12.1 Å². The number of amides is 1. The van der Waals surface area contributed by atoms with E-state index in [0.29, 0.717) is 30.3 Å². The van der Waals surface area contributed by atoms with E-state index in [1.54, 1.807) is 39.5 Å². The van der Waals surface area contributed by atoms with Crippen molar-refractivity contribution in [3.63, 3.8) is 0 Å². The molecule has 0 heterocycles. The van der Waals surface area contributed by atoms with Crippen LogP contribution in [-0.4, -0.2) is 46.9 Å². The minimum Gasteiger partial charge on any atom is -0.497 e. The van der Waals surface area contributed by atoms with Crippen molar-refractivity contribution in [3.05, 3.63) is 18.2 Å². The molecule has 0 unspecified atom stereocenters. The van der Waals surface area contributed by atoms with Crippen LogP contribution in [0.2, 0.25) is 0 Å². The molecule has 0 aliphatic carbocycles. The third kappa shape index (κ3) is 5.15. The highest BCUT2D eigenvalue weighted by atomic mass is 16.5. The van der Waals surface area contributed by atoms with Gasteiger partial charge in [0.1, 0.15) is 11.5 Å². The van der Waals surface area contributed by atoms with Crippen molar-refractivity contribution in [2.45, 2.75) is 0 Å². The Balaban J connectivity index is 2.53. The lowest BCUT2D eigenvalue weighted by Crippen LogP contribution is -2.87. The molecule has 0 aliphatic rings. The Morgan fingerprint density at radius 1 is 1.26 bits per heavy atom. The topological polar surface area (TPSA) is 73.4 Å². The van der Waals surface area contributed by atoms with E-state index in [1.165, 1.54) is 0 Å². The molecular weight excluding hydrogens is 248 g/mol. The van der Waals surface area contributed by atoms with Gasteiger partial charge in [-0.2, -0.15) is 0 Å². The number of nitrogens with one attached hydrogen (secondary N) is 1. The Morgan fingerprint density at radius 2 is 2.05 bits per heavy atom. The number of carbonyl (C=O) groups is 1. The van der Waals surface area contributed by atoms with Gasteiger partial charge >= 0.3 is 0 Å². The van der Waals surface area contributed by atoms with E-state index in [2.05, 4.69) is 5.32 Å². The van der Waals surface area contributed by atoms with Crippen LogP contribution < -0.4 is 20.1 Å². The number of carbonyl (C=O) groups excluding carboxylic acids is 1.